The number of anilines is 2. The zero-order valence-corrected chi connectivity index (χ0v) is 10.5. The molecule has 3 N–H and O–H groups in total. The molecular formula is C12H11BrFN3. The lowest BCUT2D eigenvalue weighted by Crippen LogP contribution is -2.03. The number of nitrogen functional groups attached to an aromatic ring is 1. The van der Waals surface area contributed by atoms with Crippen LogP contribution in [0.3, 0.4) is 0 Å². The summed E-state index contributed by atoms with van der Waals surface area (Å²) < 4.78 is 13.9. The van der Waals surface area contributed by atoms with Gasteiger partial charge in [0.15, 0.2) is 0 Å². The second kappa shape index (κ2) is 5.14. The van der Waals surface area contributed by atoms with Crippen molar-refractivity contribution in [2.24, 2.45) is 0 Å². The van der Waals surface area contributed by atoms with E-state index >= 15 is 0 Å². The van der Waals surface area contributed by atoms with Crippen molar-refractivity contribution in [3.63, 3.8) is 0 Å². The van der Waals surface area contributed by atoms with Crippen LogP contribution in [-0.4, -0.2) is 4.98 Å². The molecule has 1 aromatic carbocycles. The summed E-state index contributed by atoms with van der Waals surface area (Å²) in [6, 6.07) is 6.98. The fourth-order valence-corrected chi connectivity index (χ4v) is 1.79. The van der Waals surface area contributed by atoms with E-state index in [9.17, 15) is 4.39 Å². The molecule has 0 aliphatic heterocycles. The molecule has 0 aliphatic rings. The lowest BCUT2D eigenvalue weighted by molar-refractivity contribution is 0.619. The Morgan fingerprint density at radius 1 is 1.29 bits per heavy atom. The van der Waals surface area contributed by atoms with Crippen LogP contribution >= 0.6 is 15.9 Å². The summed E-state index contributed by atoms with van der Waals surface area (Å²) in [6.07, 6.45) is 2.79. The lowest BCUT2D eigenvalue weighted by Gasteiger charge is -2.09. The molecule has 1 heterocycles. The van der Waals surface area contributed by atoms with Crippen LogP contribution in [0.25, 0.3) is 0 Å². The molecule has 0 radical (unpaired) electrons. The number of hydrogen-bond acceptors (Lipinski definition) is 3. The van der Waals surface area contributed by atoms with Crippen molar-refractivity contribution in [2.75, 3.05) is 11.1 Å². The molecule has 0 aliphatic carbocycles. The van der Waals surface area contributed by atoms with Crippen molar-refractivity contribution in [3.8, 4) is 0 Å². The SMILES string of the molecule is Nc1ccc(Br)cc1NCc1cncc(F)c1. The molecule has 0 saturated carbocycles. The summed E-state index contributed by atoms with van der Waals surface area (Å²) in [4.78, 5) is 3.78. The van der Waals surface area contributed by atoms with E-state index in [0.717, 1.165) is 15.7 Å². The molecule has 0 spiro atoms. The molecule has 17 heavy (non-hydrogen) atoms. The molecule has 1 aromatic heterocycles. The second-order valence-electron chi connectivity index (χ2n) is 3.60. The fourth-order valence-electron chi connectivity index (χ4n) is 1.43. The maximum absolute atomic E-state index is 12.9. The molecule has 0 amide bonds. The minimum Gasteiger partial charge on any atom is -0.397 e. The van der Waals surface area contributed by atoms with Gasteiger partial charge in [-0.2, -0.15) is 0 Å². The number of nitrogens with zero attached hydrogens (tertiary/aromatic N) is 1. The predicted molar refractivity (Wildman–Crippen MR) is 70.1 cm³/mol. The van der Waals surface area contributed by atoms with Gasteiger partial charge in [-0.1, -0.05) is 15.9 Å². The van der Waals surface area contributed by atoms with Crippen molar-refractivity contribution in [1.29, 1.82) is 0 Å². The molecule has 5 heteroatoms. The van der Waals surface area contributed by atoms with Crippen molar-refractivity contribution in [2.45, 2.75) is 6.54 Å². The first-order chi connectivity index (χ1) is 8.15. The quantitative estimate of drug-likeness (QED) is 0.855. The summed E-state index contributed by atoms with van der Waals surface area (Å²) in [7, 11) is 0. The summed E-state index contributed by atoms with van der Waals surface area (Å²) in [5, 5.41) is 3.14. The first kappa shape index (κ1) is 11.9. The van der Waals surface area contributed by atoms with E-state index in [-0.39, 0.29) is 5.82 Å². The number of benzene rings is 1. The predicted octanol–water partition coefficient (Wildman–Crippen LogP) is 3.18. The highest BCUT2D eigenvalue weighted by Crippen LogP contribution is 2.23. The van der Waals surface area contributed by atoms with Crippen molar-refractivity contribution in [1.82, 2.24) is 4.98 Å². The van der Waals surface area contributed by atoms with Crippen LogP contribution < -0.4 is 11.1 Å². The smallest absolute Gasteiger partial charge is 0.141 e. The van der Waals surface area contributed by atoms with Crippen molar-refractivity contribution >= 4 is 27.3 Å². The second-order valence-corrected chi connectivity index (χ2v) is 4.51. The van der Waals surface area contributed by atoms with Gasteiger partial charge in [-0.15, -0.1) is 0 Å². The first-order valence-electron chi connectivity index (χ1n) is 5.03. The van der Waals surface area contributed by atoms with Gasteiger partial charge in [-0.05, 0) is 29.8 Å². The van der Waals surface area contributed by atoms with Crippen molar-refractivity contribution in [3.05, 3.63) is 52.5 Å². The number of pyridine rings is 1. The van der Waals surface area contributed by atoms with E-state index in [1.54, 1.807) is 12.3 Å². The number of aromatic nitrogens is 1. The topological polar surface area (TPSA) is 50.9 Å². The molecule has 0 fully saturated rings. The number of rotatable bonds is 3. The molecule has 88 valence electrons. The maximum Gasteiger partial charge on any atom is 0.141 e. The Morgan fingerprint density at radius 3 is 2.88 bits per heavy atom. The Kier molecular flexibility index (Phi) is 3.58. The Morgan fingerprint density at radius 2 is 2.12 bits per heavy atom. The van der Waals surface area contributed by atoms with Gasteiger partial charge in [0.05, 0.1) is 17.6 Å². The lowest BCUT2D eigenvalue weighted by atomic mass is 10.2. The van der Waals surface area contributed by atoms with E-state index in [1.165, 1.54) is 12.3 Å². The highest BCUT2D eigenvalue weighted by atomic mass is 79.9. The van der Waals surface area contributed by atoms with Crippen LogP contribution in [0.15, 0.2) is 41.1 Å². The van der Waals surface area contributed by atoms with Crippen LogP contribution in [0.5, 0.6) is 0 Å². The highest BCUT2D eigenvalue weighted by Gasteiger charge is 2.01. The van der Waals surface area contributed by atoms with Gasteiger partial charge < -0.3 is 11.1 Å². The Balaban J connectivity index is 2.09. The minimum atomic E-state index is -0.341. The van der Waals surface area contributed by atoms with Gasteiger partial charge in [0.2, 0.25) is 0 Å². The maximum atomic E-state index is 12.9. The van der Waals surface area contributed by atoms with Gasteiger partial charge >= 0.3 is 0 Å². The fraction of sp³-hybridized carbons (Fsp3) is 0.0833. The Hall–Kier alpha value is -1.62. The van der Waals surface area contributed by atoms with Crippen LogP contribution in [0.1, 0.15) is 5.56 Å². The number of nitrogens with two attached hydrogens (primary N) is 1. The van der Waals surface area contributed by atoms with E-state index < -0.39 is 0 Å². The normalized spacial score (nSPS) is 10.2. The average Bonchev–Trinajstić information content (AvgIpc) is 2.30. The standard InChI is InChI=1S/C12H11BrFN3/c13-9-1-2-11(15)12(4-9)17-6-8-3-10(14)7-16-5-8/h1-5,7,17H,6,15H2. The number of hydrogen-bond donors (Lipinski definition) is 2. The van der Waals surface area contributed by atoms with E-state index in [1.807, 2.05) is 12.1 Å². The zero-order valence-electron chi connectivity index (χ0n) is 8.95. The number of nitrogens with one attached hydrogen (secondary N) is 1. The summed E-state index contributed by atoms with van der Waals surface area (Å²) in [5.41, 5.74) is 8.04. The molecule has 0 unspecified atom stereocenters. The summed E-state index contributed by atoms with van der Waals surface area (Å²) in [5.74, 6) is -0.341. The highest BCUT2D eigenvalue weighted by molar-refractivity contribution is 9.10. The minimum absolute atomic E-state index is 0.341. The molecule has 0 saturated heterocycles. The van der Waals surface area contributed by atoms with Crippen LogP contribution in [-0.2, 0) is 6.54 Å². The Bertz CT molecular complexity index is 531. The third-order valence-corrected chi connectivity index (χ3v) is 2.75. The number of halogens is 2. The van der Waals surface area contributed by atoms with Gasteiger partial charge in [0.25, 0.3) is 0 Å². The van der Waals surface area contributed by atoms with E-state index in [4.69, 9.17) is 5.73 Å². The monoisotopic (exact) mass is 295 g/mol. The molecule has 3 nitrogen and oxygen atoms in total. The molecule has 2 aromatic rings. The van der Waals surface area contributed by atoms with Crippen LogP contribution in [0, 0.1) is 5.82 Å². The largest absolute Gasteiger partial charge is 0.397 e. The average molecular weight is 296 g/mol. The molecule has 2 rings (SSSR count). The molecule has 0 atom stereocenters. The van der Waals surface area contributed by atoms with Crippen LogP contribution in [0.2, 0.25) is 0 Å². The van der Waals surface area contributed by atoms with E-state index in [2.05, 4.69) is 26.2 Å². The first-order valence-corrected chi connectivity index (χ1v) is 5.83. The zero-order chi connectivity index (χ0) is 12.3. The van der Waals surface area contributed by atoms with Gasteiger partial charge in [0, 0.05) is 17.2 Å². The third kappa shape index (κ3) is 3.17. The molecule has 0 bridgehead atoms. The Labute approximate surface area is 107 Å². The van der Waals surface area contributed by atoms with Gasteiger partial charge in [-0.25, -0.2) is 4.39 Å². The third-order valence-electron chi connectivity index (χ3n) is 2.26. The summed E-state index contributed by atoms with van der Waals surface area (Å²) in [6.45, 7) is 0.478. The molecular weight excluding hydrogens is 285 g/mol. The summed E-state index contributed by atoms with van der Waals surface area (Å²) >= 11 is 3.37. The van der Waals surface area contributed by atoms with Crippen molar-refractivity contribution < 1.29 is 4.39 Å². The van der Waals surface area contributed by atoms with Crippen LogP contribution in [0.4, 0.5) is 15.8 Å². The van der Waals surface area contributed by atoms with E-state index in [0.29, 0.717) is 12.2 Å². The van der Waals surface area contributed by atoms with Gasteiger partial charge in [-0.3, -0.25) is 4.98 Å². The van der Waals surface area contributed by atoms with Gasteiger partial charge in [0.1, 0.15) is 5.82 Å².